The van der Waals surface area contributed by atoms with E-state index in [-0.39, 0.29) is 6.04 Å². The molecule has 0 bridgehead atoms. The van der Waals surface area contributed by atoms with Gasteiger partial charge < -0.3 is 5.32 Å². The third kappa shape index (κ3) is 2.66. The summed E-state index contributed by atoms with van der Waals surface area (Å²) in [5.74, 6) is 0. The van der Waals surface area contributed by atoms with E-state index in [1.165, 1.54) is 4.88 Å². The van der Waals surface area contributed by atoms with Crippen LogP contribution in [0.3, 0.4) is 0 Å². The predicted octanol–water partition coefficient (Wildman–Crippen LogP) is 4.10. The summed E-state index contributed by atoms with van der Waals surface area (Å²) >= 11 is 1.74. The Morgan fingerprint density at radius 2 is 2.18 bits per heavy atom. The summed E-state index contributed by atoms with van der Waals surface area (Å²) in [5.41, 5.74) is 2.88. The van der Waals surface area contributed by atoms with Crippen LogP contribution in [0.5, 0.6) is 0 Å². The van der Waals surface area contributed by atoms with Gasteiger partial charge in [-0.1, -0.05) is 12.1 Å². The number of aryl methyl sites for hydroxylation is 1. The molecule has 0 saturated heterocycles. The zero-order valence-electron chi connectivity index (χ0n) is 9.90. The molecule has 17 heavy (non-hydrogen) atoms. The number of rotatable bonds is 3. The molecule has 0 amide bonds. The Hall–Kier alpha value is -1.79. The van der Waals surface area contributed by atoms with Crippen molar-refractivity contribution in [3.63, 3.8) is 0 Å². The molecular weight excluding hydrogens is 228 g/mol. The van der Waals surface area contributed by atoms with Gasteiger partial charge in [-0.15, -0.1) is 11.3 Å². The molecule has 3 heteroatoms. The predicted molar refractivity (Wildman–Crippen MR) is 72.3 cm³/mol. The molecule has 2 rings (SSSR count). The molecule has 0 fully saturated rings. The van der Waals surface area contributed by atoms with E-state index in [4.69, 9.17) is 5.26 Å². The Kier molecular flexibility index (Phi) is 3.46. The maximum absolute atomic E-state index is 8.90. The molecule has 0 radical (unpaired) electrons. The summed E-state index contributed by atoms with van der Waals surface area (Å²) in [6.45, 7) is 4.18. The number of benzene rings is 1. The Labute approximate surface area is 106 Å². The van der Waals surface area contributed by atoms with Gasteiger partial charge >= 0.3 is 0 Å². The highest BCUT2D eigenvalue weighted by Gasteiger charge is 2.08. The smallest absolute Gasteiger partial charge is 0.0992 e. The second kappa shape index (κ2) is 5.03. The van der Waals surface area contributed by atoms with Gasteiger partial charge in [0, 0.05) is 10.6 Å². The molecule has 1 N–H and O–H groups in total. The van der Waals surface area contributed by atoms with Crippen LogP contribution in [0.2, 0.25) is 0 Å². The normalized spacial score (nSPS) is 11.8. The fourth-order valence-electron chi connectivity index (χ4n) is 1.69. The van der Waals surface area contributed by atoms with Crippen molar-refractivity contribution in [1.29, 1.82) is 5.26 Å². The van der Waals surface area contributed by atoms with Gasteiger partial charge in [-0.05, 0) is 43.0 Å². The highest BCUT2D eigenvalue weighted by atomic mass is 32.1. The molecule has 1 aromatic carbocycles. The van der Waals surface area contributed by atoms with Crippen LogP contribution >= 0.6 is 11.3 Å². The van der Waals surface area contributed by atoms with Crippen LogP contribution in [0.25, 0.3) is 0 Å². The van der Waals surface area contributed by atoms with E-state index in [0.717, 1.165) is 11.3 Å². The molecule has 0 aliphatic rings. The van der Waals surface area contributed by atoms with Gasteiger partial charge in [0.05, 0.1) is 17.7 Å². The lowest BCUT2D eigenvalue weighted by Crippen LogP contribution is -2.06. The maximum atomic E-state index is 8.90. The minimum Gasteiger partial charge on any atom is -0.377 e. The lowest BCUT2D eigenvalue weighted by Gasteiger charge is -2.15. The molecule has 1 heterocycles. The van der Waals surface area contributed by atoms with Crippen molar-refractivity contribution in [2.75, 3.05) is 5.32 Å². The SMILES string of the molecule is Cc1ccc(C#N)cc1NC(C)c1cccs1. The minimum absolute atomic E-state index is 0.266. The highest BCUT2D eigenvalue weighted by molar-refractivity contribution is 7.10. The van der Waals surface area contributed by atoms with Crippen LogP contribution in [0.4, 0.5) is 5.69 Å². The first-order chi connectivity index (χ1) is 8.20. The van der Waals surface area contributed by atoms with Crippen LogP contribution in [0, 0.1) is 18.3 Å². The standard InChI is InChI=1S/C14H14N2S/c1-10-5-6-12(9-15)8-13(10)16-11(2)14-4-3-7-17-14/h3-8,11,16H,1-2H3. The number of thiophene rings is 1. The molecular formula is C14H14N2S. The van der Waals surface area contributed by atoms with Gasteiger partial charge in [0.1, 0.15) is 0 Å². The summed E-state index contributed by atoms with van der Waals surface area (Å²) in [4.78, 5) is 1.30. The number of nitriles is 1. The van der Waals surface area contributed by atoms with Crippen LogP contribution in [-0.2, 0) is 0 Å². The number of hydrogen-bond donors (Lipinski definition) is 1. The van der Waals surface area contributed by atoms with Crippen molar-refractivity contribution in [3.05, 3.63) is 51.7 Å². The first-order valence-corrected chi connectivity index (χ1v) is 6.39. The van der Waals surface area contributed by atoms with Crippen LogP contribution in [-0.4, -0.2) is 0 Å². The van der Waals surface area contributed by atoms with Crippen molar-refractivity contribution in [2.45, 2.75) is 19.9 Å². The van der Waals surface area contributed by atoms with E-state index in [0.29, 0.717) is 5.56 Å². The fraction of sp³-hybridized carbons (Fsp3) is 0.214. The van der Waals surface area contributed by atoms with Crippen molar-refractivity contribution >= 4 is 17.0 Å². The molecule has 0 aliphatic heterocycles. The molecule has 1 atom stereocenters. The average Bonchev–Trinajstić information content (AvgIpc) is 2.85. The summed E-state index contributed by atoms with van der Waals surface area (Å²) in [6, 6.07) is 12.3. The molecule has 0 aliphatic carbocycles. The van der Waals surface area contributed by atoms with Gasteiger partial charge in [-0.2, -0.15) is 5.26 Å². The number of anilines is 1. The van der Waals surface area contributed by atoms with Gasteiger partial charge in [0.2, 0.25) is 0 Å². The fourth-order valence-corrected chi connectivity index (χ4v) is 2.42. The monoisotopic (exact) mass is 242 g/mol. The van der Waals surface area contributed by atoms with Gasteiger partial charge in [-0.25, -0.2) is 0 Å². The number of nitrogens with zero attached hydrogens (tertiary/aromatic N) is 1. The average molecular weight is 242 g/mol. The first kappa shape index (κ1) is 11.7. The Bertz CT molecular complexity index is 538. The topological polar surface area (TPSA) is 35.8 Å². The van der Waals surface area contributed by atoms with Crippen molar-refractivity contribution in [2.24, 2.45) is 0 Å². The summed E-state index contributed by atoms with van der Waals surface area (Å²) in [5, 5.41) is 14.4. The highest BCUT2D eigenvalue weighted by Crippen LogP contribution is 2.25. The maximum Gasteiger partial charge on any atom is 0.0992 e. The molecule has 1 aromatic heterocycles. The summed E-state index contributed by atoms with van der Waals surface area (Å²) in [6.07, 6.45) is 0. The molecule has 2 nitrogen and oxygen atoms in total. The van der Waals surface area contributed by atoms with Crippen LogP contribution in [0.15, 0.2) is 35.7 Å². The molecule has 1 unspecified atom stereocenters. The summed E-state index contributed by atoms with van der Waals surface area (Å²) < 4.78 is 0. The second-order valence-corrected chi connectivity index (χ2v) is 5.00. The number of hydrogen-bond acceptors (Lipinski definition) is 3. The largest absolute Gasteiger partial charge is 0.377 e. The summed E-state index contributed by atoms with van der Waals surface area (Å²) in [7, 11) is 0. The van der Waals surface area contributed by atoms with E-state index in [2.05, 4.69) is 35.8 Å². The first-order valence-electron chi connectivity index (χ1n) is 5.51. The van der Waals surface area contributed by atoms with Gasteiger partial charge in [0.25, 0.3) is 0 Å². The third-order valence-corrected chi connectivity index (χ3v) is 3.76. The molecule has 86 valence electrons. The molecule has 0 saturated carbocycles. The van der Waals surface area contributed by atoms with E-state index in [9.17, 15) is 0 Å². The van der Waals surface area contributed by atoms with E-state index in [1.807, 2.05) is 25.1 Å². The third-order valence-electron chi connectivity index (χ3n) is 2.71. The lowest BCUT2D eigenvalue weighted by atomic mass is 10.1. The van der Waals surface area contributed by atoms with Crippen molar-refractivity contribution < 1.29 is 0 Å². The van der Waals surface area contributed by atoms with Crippen molar-refractivity contribution in [1.82, 2.24) is 0 Å². The molecule has 0 spiro atoms. The van der Waals surface area contributed by atoms with E-state index in [1.54, 1.807) is 11.3 Å². The molecule has 2 aromatic rings. The zero-order valence-corrected chi connectivity index (χ0v) is 10.7. The zero-order chi connectivity index (χ0) is 12.3. The Balaban J connectivity index is 2.21. The van der Waals surface area contributed by atoms with Crippen LogP contribution < -0.4 is 5.32 Å². The lowest BCUT2D eigenvalue weighted by molar-refractivity contribution is 0.905. The second-order valence-electron chi connectivity index (χ2n) is 4.02. The minimum atomic E-state index is 0.266. The van der Waals surface area contributed by atoms with Gasteiger partial charge in [0.15, 0.2) is 0 Å². The number of nitrogens with one attached hydrogen (secondary N) is 1. The Morgan fingerprint density at radius 3 is 2.82 bits per heavy atom. The Morgan fingerprint density at radius 1 is 1.35 bits per heavy atom. The van der Waals surface area contributed by atoms with E-state index < -0.39 is 0 Å². The van der Waals surface area contributed by atoms with E-state index >= 15 is 0 Å². The van der Waals surface area contributed by atoms with Crippen molar-refractivity contribution in [3.8, 4) is 6.07 Å². The van der Waals surface area contributed by atoms with Gasteiger partial charge in [-0.3, -0.25) is 0 Å². The quantitative estimate of drug-likeness (QED) is 0.879. The van der Waals surface area contributed by atoms with Crippen LogP contribution in [0.1, 0.15) is 29.0 Å².